The number of carboxylic acid groups (broad SMARTS) is 1. The van der Waals surface area contributed by atoms with Crippen molar-refractivity contribution >= 4 is 17.6 Å². The van der Waals surface area contributed by atoms with Crippen LogP contribution in [0.25, 0.3) is 0 Å². The molecule has 1 aromatic heterocycles. The van der Waals surface area contributed by atoms with E-state index in [0.717, 1.165) is 0 Å². The normalized spacial score (nSPS) is 9.85. The summed E-state index contributed by atoms with van der Waals surface area (Å²) in [6.45, 7) is 0. The van der Waals surface area contributed by atoms with Crippen LogP contribution >= 0.6 is 0 Å². The van der Waals surface area contributed by atoms with E-state index in [9.17, 15) is 9.59 Å². The SMILES string of the molecule is COc1cnccc1C(=O)Nc1ccc(C(=O)O)cc1. The van der Waals surface area contributed by atoms with Gasteiger partial charge in [-0.3, -0.25) is 9.78 Å². The van der Waals surface area contributed by atoms with Crippen molar-refractivity contribution in [2.24, 2.45) is 0 Å². The van der Waals surface area contributed by atoms with Crippen LogP contribution in [0.2, 0.25) is 0 Å². The smallest absolute Gasteiger partial charge is 0.335 e. The van der Waals surface area contributed by atoms with Gasteiger partial charge in [0.25, 0.3) is 5.91 Å². The van der Waals surface area contributed by atoms with Crippen LogP contribution in [0.15, 0.2) is 42.7 Å². The minimum Gasteiger partial charge on any atom is -0.494 e. The summed E-state index contributed by atoms with van der Waals surface area (Å²) in [6.07, 6.45) is 2.94. The third kappa shape index (κ3) is 2.92. The molecule has 0 saturated heterocycles. The Morgan fingerprint density at radius 3 is 2.50 bits per heavy atom. The van der Waals surface area contributed by atoms with E-state index >= 15 is 0 Å². The lowest BCUT2D eigenvalue weighted by molar-refractivity contribution is 0.0696. The molecule has 0 aliphatic rings. The van der Waals surface area contributed by atoms with Gasteiger partial charge in [0, 0.05) is 11.9 Å². The maximum atomic E-state index is 12.1. The molecule has 1 heterocycles. The predicted octanol–water partition coefficient (Wildman–Crippen LogP) is 2.04. The topological polar surface area (TPSA) is 88.5 Å². The molecule has 2 N–H and O–H groups in total. The summed E-state index contributed by atoms with van der Waals surface area (Å²) in [6, 6.07) is 7.42. The number of hydrogen-bond donors (Lipinski definition) is 2. The molecule has 0 aliphatic carbocycles. The van der Waals surface area contributed by atoms with Gasteiger partial charge in [-0.2, -0.15) is 0 Å². The van der Waals surface area contributed by atoms with Crippen LogP contribution in [0.5, 0.6) is 5.75 Å². The Balaban J connectivity index is 2.17. The van der Waals surface area contributed by atoms with Crippen molar-refractivity contribution in [3.05, 3.63) is 53.9 Å². The summed E-state index contributed by atoms with van der Waals surface area (Å²) < 4.78 is 5.05. The molecule has 0 fully saturated rings. The zero-order valence-electron chi connectivity index (χ0n) is 10.7. The molecule has 0 atom stereocenters. The summed E-state index contributed by atoms with van der Waals surface area (Å²) in [5.74, 6) is -1.00. The van der Waals surface area contributed by atoms with Crippen molar-refractivity contribution in [3.63, 3.8) is 0 Å². The monoisotopic (exact) mass is 272 g/mol. The minimum absolute atomic E-state index is 0.157. The number of ether oxygens (including phenoxy) is 1. The van der Waals surface area contributed by atoms with Gasteiger partial charge in [0.15, 0.2) is 0 Å². The van der Waals surface area contributed by atoms with Crippen LogP contribution in [-0.2, 0) is 0 Å². The lowest BCUT2D eigenvalue weighted by Gasteiger charge is -2.08. The molecule has 0 saturated carbocycles. The first-order chi connectivity index (χ1) is 9.61. The number of nitrogens with one attached hydrogen (secondary N) is 1. The van der Waals surface area contributed by atoms with Gasteiger partial charge in [-0.25, -0.2) is 4.79 Å². The molecule has 1 amide bonds. The summed E-state index contributed by atoms with van der Waals surface area (Å²) in [5.41, 5.74) is 1.01. The van der Waals surface area contributed by atoms with E-state index in [1.165, 1.54) is 43.8 Å². The number of nitrogens with zero attached hydrogens (tertiary/aromatic N) is 1. The lowest BCUT2D eigenvalue weighted by atomic mass is 10.2. The Hall–Kier alpha value is -2.89. The molecular formula is C14H12N2O4. The number of carbonyl (C=O) groups excluding carboxylic acids is 1. The summed E-state index contributed by atoms with van der Waals surface area (Å²) >= 11 is 0. The van der Waals surface area contributed by atoms with Crippen molar-refractivity contribution < 1.29 is 19.4 Å². The van der Waals surface area contributed by atoms with E-state index in [-0.39, 0.29) is 11.5 Å². The highest BCUT2D eigenvalue weighted by molar-refractivity contribution is 6.06. The number of pyridine rings is 1. The second-order valence-electron chi connectivity index (χ2n) is 3.91. The number of carbonyl (C=O) groups is 2. The van der Waals surface area contributed by atoms with Gasteiger partial charge in [-0.05, 0) is 30.3 Å². The molecule has 0 radical (unpaired) electrons. The second kappa shape index (κ2) is 5.83. The quantitative estimate of drug-likeness (QED) is 0.889. The third-order valence-electron chi connectivity index (χ3n) is 2.64. The van der Waals surface area contributed by atoms with Gasteiger partial charge in [0.1, 0.15) is 5.75 Å². The van der Waals surface area contributed by atoms with Crippen LogP contribution in [-0.4, -0.2) is 29.1 Å². The molecule has 102 valence electrons. The highest BCUT2D eigenvalue weighted by atomic mass is 16.5. The number of amides is 1. The molecule has 6 heteroatoms. The average molecular weight is 272 g/mol. The summed E-state index contributed by atoms with van der Waals surface area (Å²) in [5, 5.41) is 11.5. The van der Waals surface area contributed by atoms with E-state index in [4.69, 9.17) is 9.84 Å². The molecule has 0 spiro atoms. The Bertz CT molecular complexity index is 638. The van der Waals surface area contributed by atoms with Crippen molar-refractivity contribution in [3.8, 4) is 5.75 Å². The van der Waals surface area contributed by atoms with Crippen LogP contribution in [0.4, 0.5) is 5.69 Å². The number of carboxylic acids is 1. The van der Waals surface area contributed by atoms with Gasteiger partial charge < -0.3 is 15.2 Å². The standard InChI is InChI=1S/C14H12N2O4/c1-20-12-8-15-7-6-11(12)13(17)16-10-4-2-9(3-5-10)14(18)19/h2-8H,1H3,(H,16,17)(H,18,19). The Labute approximate surface area is 115 Å². The van der Waals surface area contributed by atoms with E-state index < -0.39 is 5.97 Å². The fourth-order valence-electron chi connectivity index (χ4n) is 1.62. The number of hydrogen-bond acceptors (Lipinski definition) is 4. The van der Waals surface area contributed by atoms with Gasteiger partial charge in [0.2, 0.25) is 0 Å². The van der Waals surface area contributed by atoms with Gasteiger partial charge >= 0.3 is 5.97 Å². The van der Waals surface area contributed by atoms with Gasteiger partial charge in [-0.15, -0.1) is 0 Å². The fourth-order valence-corrected chi connectivity index (χ4v) is 1.62. The van der Waals surface area contributed by atoms with Crippen LogP contribution < -0.4 is 10.1 Å². The Morgan fingerprint density at radius 1 is 1.20 bits per heavy atom. The van der Waals surface area contributed by atoms with E-state index in [2.05, 4.69) is 10.3 Å². The Kier molecular flexibility index (Phi) is 3.95. The molecule has 1 aromatic carbocycles. The van der Waals surface area contributed by atoms with Crippen molar-refractivity contribution in [2.45, 2.75) is 0 Å². The summed E-state index contributed by atoms with van der Waals surface area (Å²) in [7, 11) is 1.45. The number of aromatic carboxylic acids is 1. The first-order valence-corrected chi connectivity index (χ1v) is 5.74. The van der Waals surface area contributed by atoms with E-state index in [1.807, 2.05) is 0 Å². The maximum absolute atomic E-state index is 12.1. The number of rotatable bonds is 4. The molecule has 0 aliphatic heterocycles. The first kappa shape index (κ1) is 13.5. The lowest BCUT2D eigenvalue weighted by Crippen LogP contribution is -2.13. The Morgan fingerprint density at radius 2 is 1.90 bits per heavy atom. The number of methoxy groups -OCH3 is 1. The van der Waals surface area contributed by atoms with Crippen molar-refractivity contribution in [1.82, 2.24) is 4.98 Å². The van der Waals surface area contributed by atoms with Gasteiger partial charge in [-0.1, -0.05) is 0 Å². The summed E-state index contributed by atoms with van der Waals surface area (Å²) in [4.78, 5) is 26.7. The molecular weight excluding hydrogens is 260 g/mol. The highest BCUT2D eigenvalue weighted by Gasteiger charge is 2.12. The maximum Gasteiger partial charge on any atom is 0.335 e. The van der Waals surface area contributed by atoms with Crippen LogP contribution in [0, 0.1) is 0 Å². The minimum atomic E-state index is -1.02. The van der Waals surface area contributed by atoms with E-state index in [1.54, 1.807) is 6.07 Å². The zero-order chi connectivity index (χ0) is 14.5. The number of anilines is 1. The van der Waals surface area contributed by atoms with Crippen LogP contribution in [0.3, 0.4) is 0 Å². The average Bonchev–Trinajstić information content (AvgIpc) is 2.47. The largest absolute Gasteiger partial charge is 0.494 e. The second-order valence-corrected chi connectivity index (χ2v) is 3.91. The molecule has 2 rings (SSSR count). The molecule has 0 unspecified atom stereocenters. The third-order valence-corrected chi connectivity index (χ3v) is 2.64. The predicted molar refractivity (Wildman–Crippen MR) is 72.1 cm³/mol. The zero-order valence-corrected chi connectivity index (χ0v) is 10.7. The highest BCUT2D eigenvalue weighted by Crippen LogP contribution is 2.18. The van der Waals surface area contributed by atoms with Crippen LogP contribution in [0.1, 0.15) is 20.7 Å². The molecule has 2 aromatic rings. The molecule has 20 heavy (non-hydrogen) atoms. The first-order valence-electron chi connectivity index (χ1n) is 5.74. The number of benzene rings is 1. The fraction of sp³-hybridized carbons (Fsp3) is 0.0714. The van der Waals surface area contributed by atoms with Crippen molar-refractivity contribution in [1.29, 1.82) is 0 Å². The molecule has 6 nitrogen and oxygen atoms in total. The van der Waals surface area contributed by atoms with Crippen molar-refractivity contribution in [2.75, 3.05) is 12.4 Å². The molecule has 0 bridgehead atoms. The van der Waals surface area contributed by atoms with Gasteiger partial charge in [0.05, 0.1) is 24.4 Å². The number of aromatic nitrogens is 1. The van der Waals surface area contributed by atoms with E-state index in [0.29, 0.717) is 17.0 Å².